The summed E-state index contributed by atoms with van der Waals surface area (Å²) in [6.45, 7) is 15.3. The van der Waals surface area contributed by atoms with E-state index in [1.165, 1.54) is 18.4 Å². The van der Waals surface area contributed by atoms with Crippen LogP contribution in [0.3, 0.4) is 0 Å². The van der Waals surface area contributed by atoms with Gasteiger partial charge in [0.05, 0.1) is 17.2 Å². The summed E-state index contributed by atoms with van der Waals surface area (Å²) in [4.78, 5) is 0. The molecule has 2 heteroatoms. The first-order valence-electron chi connectivity index (χ1n) is 10.9. The maximum atomic E-state index is 10.2. The van der Waals surface area contributed by atoms with E-state index in [2.05, 4.69) is 52.2 Å². The van der Waals surface area contributed by atoms with Crippen LogP contribution in [0.1, 0.15) is 72.1 Å². The fraction of sp³-hybridized carbons (Fsp3) is 0.720. The Hall–Kier alpha value is -1.49. The summed E-state index contributed by atoms with van der Waals surface area (Å²) < 4.78 is 6.29. The van der Waals surface area contributed by atoms with Crippen LogP contribution in [0.5, 0.6) is 0 Å². The van der Waals surface area contributed by atoms with Crippen molar-refractivity contribution < 1.29 is 4.74 Å². The van der Waals surface area contributed by atoms with Gasteiger partial charge >= 0.3 is 0 Å². The van der Waals surface area contributed by atoms with E-state index in [4.69, 9.17) is 4.74 Å². The van der Waals surface area contributed by atoms with Crippen molar-refractivity contribution in [1.29, 1.82) is 5.26 Å². The van der Waals surface area contributed by atoms with Crippen LogP contribution in [-0.4, -0.2) is 6.10 Å². The van der Waals surface area contributed by atoms with E-state index in [9.17, 15) is 5.26 Å². The molecule has 0 radical (unpaired) electrons. The second-order valence-electron chi connectivity index (χ2n) is 10.2. The second kappa shape index (κ2) is 6.26. The molecule has 0 spiro atoms. The molecular formula is C25H35NO. The lowest BCUT2D eigenvalue weighted by atomic mass is 9.42. The zero-order valence-corrected chi connectivity index (χ0v) is 17.4. The fourth-order valence-electron chi connectivity index (χ4n) is 7.23. The molecule has 0 heterocycles. The van der Waals surface area contributed by atoms with Crippen LogP contribution in [0.15, 0.2) is 36.6 Å². The number of rotatable bonds is 3. The highest BCUT2D eigenvalue weighted by Crippen LogP contribution is 2.68. The van der Waals surface area contributed by atoms with Crippen molar-refractivity contribution in [1.82, 2.24) is 0 Å². The summed E-state index contributed by atoms with van der Waals surface area (Å²) >= 11 is 0. The third-order valence-electron chi connectivity index (χ3n) is 9.07. The Balaban J connectivity index is 1.68. The van der Waals surface area contributed by atoms with E-state index in [0.717, 1.165) is 44.3 Å². The Labute approximate surface area is 165 Å². The summed E-state index contributed by atoms with van der Waals surface area (Å²) in [6.07, 6.45) is 13.8. The van der Waals surface area contributed by atoms with Gasteiger partial charge in [-0.15, -0.1) is 0 Å². The van der Waals surface area contributed by atoms with Crippen molar-refractivity contribution in [3.05, 3.63) is 36.6 Å². The van der Waals surface area contributed by atoms with Crippen LogP contribution in [-0.2, 0) is 4.74 Å². The number of hydrogen-bond acceptors (Lipinski definition) is 2. The number of allylic oxidation sites excluding steroid dienone is 3. The molecular weight excluding hydrogens is 330 g/mol. The minimum atomic E-state index is -0.216. The van der Waals surface area contributed by atoms with Crippen LogP contribution in [0, 0.1) is 45.3 Å². The minimum absolute atomic E-state index is 0.0790. The molecule has 0 amide bonds. The molecule has 3 saturated carbocycles. The van der Waals surface area contributed by atoms with Crippen LogP contribution >= 0.6 is 0 Å². The molecule has 4 rings (SSSR count). The summed E-state index contributed by atoms with van der Waals surface area (Å²) in [6, 6.07) is 2.80. The van der Waals surface area contributed by atoms with Gasteiger partial charge in [-0.1, -0.05) is 51.7 Å². The van der Waals surface area contributed by atoms with Gasteiger partial charge in [0.1, 0.15) is 6.10 Å². The first-order chi connectivity index (χ1) is 12.8. The number of nitrogens with zero attached hydrogens (tertiary/aromatic N) is 1. The van der Waals surface area contributed by atoms with Crippen LogP contribution in [0.2, 0.25) is 0 Å². The molecule has 3 fully saturated rings. The third-order valence-corrected chi connectivity index (χ3v) is 9.07. The Morgan fingerprint density at radius 2 is 2.07 bits per heavy atom. The van der Waals surface area contributed by atoms with E-state index in [1.807, 2.05) is 0 Å². The molecule has 0 aromatic carbocycles. The van der Waals surface area contributed by atoms with Gasteiger partial charge in [-0.05, 0) is 68.1 Å². The zero-order chi connectivity index (χ0) is 19.4. The zero-order valence-electron chi connectivity index (χ0n) is 17.4. The number of fused-ring (bicyclic) bond motifs is 5. The first-order valence-corrected chi connectivity index (χ1v) is 10.9. The highest BCUT2D eigenvalue weighted by Gasteiger charge is 2.63. The average Bonchev–Trinajstić information content (AvgIpc) is 2.98. The van der Waals surface area contributed by atoms with Crippen LogP contribution in [0.25, 0.3) is 0 Å². The Morgan fingerprint density at radius 1 is 1.30 bits per heavy atom. The van der Waals surface area contributed by atoms with Crippen molar-refractivity contribution in [2.24, 2.45) is 34.0 Å². The minimum Gasteiger partial charge on any atom is -0.495 e. The molecule has 0 bridgehead atoms. The van der Waals surface area contributed by atoms with Crippen molar-refractivity contribution in [2.45, 2.75) is 78.2 Å². The van der Waals surface area contributed by atoms with E-state index < -0.39 is 0 Å². The van der Waals surface area contributed by atoms with Crippen molar-refractivity contribution >= 4 is 0 Å². The van der Waals surface area contributed by atoms with Gasteiger partial charge in [-0.25, -0.2) is 0 Å². The van der Waals surface area contributed by atoms with Crippen LogP contribution in [0.4, 0.5) is 0 Å². The van der Waals surface area contributed by atoms with Gasteiger partial charge in [0.2, 0.25) is 0 Å². The smallest absolute Gasteiger partial charge is 0.107 e. The van der Waals surface area contributed by atoms with E-state index >= 15 is 0 Å². The topological polar surface area (TPSA) is 33.0 Å². The van der Waals surface area contributed by atoms with Gasteiger partial charge in [0, 0.05) is 11.8 Å². The summed E-state index contributed by atoms with van der Waals surface area (Å²) in [7, 11) is 0. The van der Waals surface area contributed by atoms with Gasteiger partial charge in [0.15, 0.2) is 0 Å². The maximum absolute atomic E-state index is 10.2. The van der Waals surface area contributed by atoms with Gasteiger partial charge in [-0.2, -0.15) is 5.26 Å². The highest BCUT2D eigenvalue weighted by molar-refractivity contribution is 5.29. The lowest BCUT2D eigenvalue weighted by Gasteiger charge is -2.61. The fourth-order valence-corrected chi connectivity index (χ4v) is 7.23. The Kier molecular flexibility index (Phi) is 4.37. The second-order valence-corrected chi connectivity index (χ2v) is 10.2. The third kappa shape index (κ3) is 2.50. The lowest BCUT2D eigenvalue weighted by Crippen LogP contribution is -2.56. The molecule has 0 aromatic heterocycles. The number of hydrogen-bond donors (Lipinski definition) is 0. The van der Waals surface area contributed by atoms with Crippen molar-refractivity contribution in [2.75, 3.05) is 0 Å². The summed E-state index contributed by atoms with van der Waals surface area (Å²) in [5, 5.41) is 10.2. The first kappa shape index (κ1) is 18.9. The van der Waals surface area contributed by atoms with Gasteiger partial charge in [0.25, 0.3) is 0 Å². The average molecular weight is 366 g/mol. The summed E-state index contributed by atoms with van der Waals surface area (Å²) in [5.41, 5.74) is 1.26. The molecule has 146 valence electrons. The summed E-state index contributed by atoms with van der Waals surface area (Å²) in [5.74, 6) is 2.79. The highest BCUT2D eigenvalue weighted by atomic mass is 16.5. The molecule has 7 atom stereocenters. The molecule has 0 N–H and O–H groups in total. The molecule has 0 aromatic rings. The number of ether oxygens (including phenoxy) is 1. The molecule has 0 saturated heterocycles. The van der Waals surface area contributed by atoms with E-state index in [1.54, 1.807) is 0 Å². The van der Waals surface area contributed by atoms with Gasteiger partial charge < -0.3 is 4.74 Å². The van der Waals surface area contributed by atoms with Gasteiger partial charge in [-0.3, -0.25) is 0 Å². The predicted molar refractivity (Wildman–Crippen MR) is 110 cm³/mol. The monoisotopic (exact) mass is 365 g/mol. The van der Waals surface area contributed by atoms with E-state index in [-0.39, 0.29) is 22.3 Å². The molecule has 27 heavy (non-hydrogen) atoms. The van der Waals surface area contributed by atoms with E-state index in [0.29, 0.717) is 17.8 Å². The maximum Gasteiger partial charge on any atom is 0.107 e. The molecule has 3 unspecified atom stereocenters. The SMILES string of the molecule is C=C1CC[C@]2(C)C3C=C[C@@]4(C)C(CC[C@@H]4OC(=C)CC)C3CC[C@]2(C#N)C1. The lowest BCUT2D eigenvalue weighted by molar-refractivity contribution is -0.0860. The molecule has 0 aliphatic heterocycles. The quantitative estimate of drug-likeness (QED) is 0.419. The normalized spacial score (nSPS) is 48.1. The number of nitriles is 1. The van der Waals surface area contributed by atoms with Crippen molar-refractivity contribution in [3.8, 4) is 6.07 Å². The molecule has 4 aliphatic rings. The van der Waals surface area contributed by atoms with Crippen molar-refractivity contribution in [3.63, 3.8) is 0 Å². The Morgan fingerprint density at radius 3 is 2.78 bits per heavy atom. The largest absolute Gasteiger partial charge is 0.495 e. The predicted octanol–water partition coefficient (Wildman–Crippen LogP) is 6.56. The molecule has 2 nitrogen and oxygen atoms in total. The van der Waals surface area contributed by atoms with Crippen LogP contribution < -0.4 is 0 Å². The molecule has 4 aliphatic carbocycles. The Bertz CT molecular complexity index is 729. The standard InChI is InChI=1S/C25H35NO/c1-6-18(3)27-22-8-7-20-19-10-14-25(16-26)15-17(2)9-13-24(25,5)21(19)11-12-23(20,22)4/h11-12,19-22H,2-3,6-10,13-15H2,1,4-5H3/t19?,20?,21?,22-,23-,24+,25+/m0/s1.